The fourth-order valence-corrected chi connectivity index (χ4v) is 2.65. The molecular formula is C22H36N2O7. The number of carbonyl (C=O) groups is 2. The van der Waals surface area contributed by atoms with Crippen molar-refractivity contribution in [3.8, 4) is 0 Å². The molecule has 0 aliphatic carbocycles. The van der Waals surface area contributed by atoms with Gasteiger partial charge in [0.05, 0.1) is 19.8 Å². The zero-order valence-electron chi connectivity index (χ0n) is 18.9. The lowest BCUT2D eigenvalue weighted by molar-refractivity contribution is -0.148. The van der Waals surface area contributed by atoms with E-state index in [-0.39, 0.29) is 31.9 Å². The van der Waals surface area contributed by atoms with Crippen LogP contribution in [-0.4, -0.2) is 83.9 Å². The number of carbonyl (C=O) groups excluding carboxylic acids is 2. The summed E-state index contributed by atoms with van der Waals surface area (Å²) in [7, 11) is 3.07. The maximum absolute atomic E-state index is 11.5. The third kappa shape index (κ3) is 13.8. The predicted molar refractivity (Wildman–Crippen MR) is 115 cm³/mol. The van der Waals surface area contributed by atoms with Crippen LogP contribution in [-0.2, 0) is 46.4 Å². The van der Waals surface area contributed by atoms with Gasteiger partial charge >= 0.3 is 5.97 Å². The van der Waals surface area contributed by atoms with E-state index in [0.717, 1.165) is 11.1 Å². The average molecular weight is 441 g/mol. The maximum Gasteiger partial charge on any atom is 0.332 e. The summed E-state index contributed by atoms with van der Waals surface area (Å²) in [5.41, 5.74) is 2.14. The van der Waals surface area contributed by atoms with Crippen molar-refractivity contribution >= 4 is 11.9 Å². The van der Waals surface area contributed by atoms with Crippen LogP contribution >= 0.6 is 0 Å². The summed E-state index contributed by atoms with van der Waals surface area (Å²) >= 11 is 0. The van der Waals surface area contributed by atoms with E-state index >= 15 is 0 Å². The van der Waals surface area contributed by atoms with Crippen molar-refractivity contribution in [3.05, 3.63) is 35.4 Å². The van der Waals surface area contributed by atoms with Gasteiger partial charge in [-0.1, -0.05) is 31.2 Å². The molecular weight excluding hydrogens is 404 g/mol. The van der Waals surface area contributed by atoms with Crippen molar-refractivity contribution in [3.63, 3.8) is 0 Å². The summed E-state index contributed by atoms with van der Waals surface area (Å²) < 4.78 is 25.7. The molecule has 0 unspecified atom stereocenters. The summed E-state index contributed by atoms with van der Waals surface area (Å²) in [4.78, 5) is 25.1. The van der Waals surface area contributed by atoms with Gasteiger partial charge in [0.1, 0.15) is 20.0 Å². The van der Waals surface area contributed by atoms with Gasteiger partial charge in [-0.25, -0.2) is 4.79 Å². The summed E-state index contributed by atoms with van der Waals surface area (Å²) in [5, 5.41) is 2.89. The Labute approximate surface area is 184 Å². The predicted octanol–water partition coefficient (Wildman–Crippen LogP) is 1.34. The fraction of sp³-hybridized carbons (Fsp3) is 0.636. The van der Waals surface area contributed by atoms with Crippen LogP contribution in [0.3, 0.4) is 0 Å². The highest BCUT2D eigenvalue weighted by molar-refractivity contribution is 5.75. The monoisotopic (exact) mass is 440 g/mol. The van der Waals surface area contributed by atoms with E-state index in [9.17, 15) is 9.59 Å². The van der Waals surface area contributed by atoms with E-state index in [4.69, 9.17) is 23.7 Å². The lowest BCUT2D eigenvalue weighted by atomic mass is 10.1. The summed E-state index contributed by atoms with van der Waals surface area (Å²) in [6.45, 7) is 6.07. The van der Waals surface area contributed by atoms with Crippen molar-refractivity contribution < 1.29 is 33.3 Å². The second kappa shape index (κ2) is 17.6. The molecule has 1 rings (SSSR count). The SMILES string of the molecule is CCC(=O)NCc1cccc(CN(CCOCOCCOC)CCOC(=O)COC)c1. The molecule has 31 heavy (non-hydrogen) atoms. The lowest BCUT2D eigenvalue weighted by Crippen LogP contribution is -2.32. The van der Waals surface area contributed by atoms with Gasteiger partial charge in [-0.05, 0) is 11.1 Å². The molecule has 0 bridgehead atoms. The van der Waals surface area contributed by atoms with Crippen LogP contribution in [0.1, 0.15) is 24.5 Å². The average Bonchev–Trinajstić information content (AvgIpc) is 2.77. The number of amides is 1. The minimum absolute atomic E-state index is 0.0229. The van der Waals surface area contributed by atoms with Crippen molar-refractivity contribution in [2.24, 2.45) is 0 Å². The van der Waals surface area contributed by atoms with Crippen LogP contribution < -0.4 is 5.32 Å². The van der Waals surface area contributed by atoms with E-state index in [2.05, 4.69) is 16.3 Å². The molecule has 0 radical (unpaired) electrons. The Balaban J connectivity index is 2.55. The van der Waals surface area contributed by atoms with Gasteiger partial charge in [-0.2, -0.15) is 0 Å². The van der Waals surface area contributed by atoms with Gasteiger partial charge in [0.15, 0.2) is 0 Å². The van der Waals surface area contributed by atoms with Gasteiger partial charge < -0.3 is 29.0 Å². The molecule has 9 nitrogen and oxygen atoms in total. The molecule has 0 aliphatic heterocycles. The summed E-state index contributed by atoms with van der Waals surface area (Å²) in [5.74, 6) is -0.367. The Morgan fingerprint density at radius 1 is 0.968 bits per heavy atom. The Kier molecular flexibility index (Phi) is 15.3. The highest BCUT2D eigenvalue weighted by Gasteiger charge is 2.09. The molecule has 0 fully saturated rings. The first-order valence-corrected chi connectivity index (χ1v) is 10.4. The van der Waals surface area contributed by atoms with Crippen LogP contribution in [0.25, 0.3) is 0 Å². The number of esters is 1. The van der Waals surface area contributed by atoms with Gasteiger partial charge in [0, 0.05) is 46.8 Å². The van der Waals surface area contributed by atoms with Crippen LogP contribution in [0.4, 0.5) is 0 Å². The minimum Gasteiger partial charge on any atom is -0.463 e. The molecule has 1 N–H and O–H groups in total. The normalized spacial score (nSPS) is 11.0. The molecule has 1 aromatic rings. The highest BCUT2D eigenvalue weighted by Crippen LogP contribution is 2.09. The van der Waals surface area contributed by atoms with Crippen LogP contribution in [0, 0.1) is 0 Å². The topological polar surface area (TPSA) is 95.6 Å². The number of hydrogen-bond donors (Lipinski definition) is 1. The first kappa shape index (κ1) is 27.0. The van der Waals surface area contributed by atoms with Gasteiger partial charge in [-0.3, -0.25) is 9.69 Å². The molecule has 176 valence electrons. The van der Waals surface area contributed by atoms with Crippen molar-refractivity contribution in [2.45, 2.75) is 26.4 Å². The first-order chi connectivity index (χ1) is 15.1. The van der Waals surface area contributed by atoms with Crippen LogP contribution in [0.15, 0.2) is 24.3 Å². The first-order valence-electron chi connectivity index (χ1n) is 10.4. The quantitative estimate of drug-likeness (QED) is 0.208. The summed E-state index contributed by atoms with van der Waals surface area (Å²) in [6, 6.07) is 8.05. The largest absolute Gasteiger partial charge is 0.463 e. The number of rotatable bonds is 18. The van der Waals surface area contributed by atoms with Gasteiger partial charge in [-0.15, -0.1) is 0 Å². The van der Waals surface area contributed by atoms with E-state index in [1.807, 2.05) is 25.1 Å². The Bertz CT molecular complexity index is 628. The molecule has 9 heteroatoms. The molecule has 0 saturated carbocycles. The molecule has 0 atom stereocenters. The number of methoxy groups -OCH3 is 2. The third-order valence-corrected chi connectivity index (χ3v) is 4.29. The molecule has 1 amide bonds. The van der Waals surface area contributed by atoms with E-state index in [0.29, 0.717) is 52.4 Å². The van der Waals surface area contributed by atoms with Crippen molar-refractivity contribution in [1.29, 1.82) is 0 Å². The zero-order valence-corrected chi connectivity index (χ0v) is 18.9. The van der Waals surface area contributed by atoms with Crippen LogP contribution in [0.5, 0.6) is 0 Å². The minimum atomic E-state index is -0.390. The molecule has 0 heterocycles. The van der Waals surface area contributed by atoms with E-state index in [1.54, 1.807) is 7.11 Å². The standard InChI is InChI=1S/C22H36N2O7/c1-4-21(25)23-15-19-6-5-7-20(14-19)16-24(9-11-31-22(26)17-28-3)8-10-29-18-30-13-12-27-2/h5-7,14H,4,8-13,15-18H2,1-3H3,(H,23,25). The molecule has 0 aromatic heterocycles. The second-order valence-electron chi connectivity index (χ2n) is 6.81. The fourth-order valence-electron chi connectivity index (χ4n) is 2.65. The summed E-state index contributed by atoms with van der Waals surface area (Å²) in [6.07, 6.45) is 0.463. The van der Waals surface area contributed by atoms with Crippen LogP contribution in [0.2, 0.25) is 0 Å². The van der Waals surface area contributed by atoms with E-state index < -0.39 is 0 Å². The maximum atomic E-state index is 11.5. The van der Waals surface area contributed by atoms with E-state index in [1.165, 1.54) is 7.11 Å². The Hall–Kier alpha value is -2.04. The number of nitrogens with zero attached hydrogens (tertiary/aromatic N) is 1. The molecule has 1 aromatic carbocycles. The van der Waals surface area contributed by atoms with Crippen molar-refractivity contribution in [2.75, 3.05) is 67.1 Å². The Morgan fingerprint density at radius 2 is 1.71 bits per heavy atom. The number of nitrogens with one attached hydrogen (secondary N) is 1. The number of hydrogen-bond acceptors (Lipinski definition) is 8. The molecule has 0 saturated heterocycles. The van der Waals surface area contributed by atoms with Gasteiger partial charge in [0.25, 0.3) is 0 Å². The van der Waals surface area contributed by atoms with Gasteiger partial charge in [0.2, 0.25) is 5.91 Å². The zero-order chi connectivity index (χ0) is 22.7. The second-order valence-corrected chi connectivity index (χ2v) is 6.81. The lowest BCUT2D eigenvalue weighted by Gasteiger charge is -2.22. The number of benzene rings is 1. The number of ether oxygens (including phenoxy) is 5. The molecule has 0 aliphatic rings. The third-order valence-electron chi connectivity index (χ3n) is 4.29. The smallest absolute Gasteiger partial charge is 0.332 e. The molecule has 0 spiro atoms. The van der Waals surface area contributed by atoms with Crippen molar-refractivity contribution in [1.82, 2.24) is 10.2 Å². The Morgan fingerprint density at radius 3 is 2.45 bits per heavy atom. The highest BCUT2D eigenvalue weighted by atomic mass is 16.7.